The first-order chi connectivity index (χ1) is 17.0. The van der Waals surface area contributed by atoms with Crippen molar-refractivity contribution < 1.29 is 19.4 Å². The molecule has 196 valence electrons. The maximum absolute atomic E-state index is 12.6. The van der Waals surface area contributed by atoms with E-state index in [1.54, 1.807) is 17.3 Å². The lowest BCUT2D eigenvalue weighted by atomic mass is 9.84. The maximum Gasteiger partial charge on any atom is 0.407 e. The van der Waals surface area contributed by atoms with Crippen molar-refractivity contribution in [1.29, 1.82) is 0 Å². The molecule has 1 aromatic carbocycles. The van der Waals surface area contributed by atoms with Crippen LogP contribution in [0.25, 0.3) is 0 Å². The Bertz CT molecular complexity index is 1020. The molecular weight excluding hydrogens is 460 g/mol. The van der Waals surface area contributed by atoms with Crippen LogP contribution in [0.1, 0.15) is 36.7 Å². The third kappa shape index (κ3) is 7.07. The molecule has 1 atom stereocenters. The van der Waals surface area contributed by atoms with Gasteiger partial charge in [0.15, 0.2) is 5.75 Å². The van der Waals surface area contributed by atoms with Gasteiger partial charge in [0.1, 0.15) is 6.61 Å². The molecule has 1 aliphatic heterocycles. The maximum atomic E-state index is 12.6. The Morgan fingerprint density at radius 3 is 2.25 bits per heavy atom. The number of hydrogen-bond donors (Lipinski definition) is 1. The number of carbonyl (C=O) groups excluding carboxylic acids is 1. The second-order valence-electron chi connectivity index (χ2n) is 10.5. The first kappa shape index (κ1) is 27.2. The third-order valence-corrected chi connectivity index (χ3v) is 6.36. The minimum Gasteiger partial charge on any atom is -0.486 e. The number of ether oxygens (including phenoxy) is 1. The fourth-order valence-corrected chi connectivity index (χ4v) is 4.06. The molecule has 0 aliphatic carbocycles. The van der Waals surface area contributed by atoms with Crippen LogP contribution in [0.4, 0.5) is 10.7 Å². The van der Waals surface area contributed by atoms with Gasteiger partial charge in [-0.15, -0.1) is 0 Å². The highest BCUT2D eigenvalue weighted by molar-refractivity contribution is 5.94. The summed E-state index contributed by atoms with van der Waals surface area (Å²) < 4.78 is 5.84. The molecule has 10 heteroatoms. The van der Waals surface area contributed by atoms with Crippen LogP contribution < -0.4 is 9.64 Å². The predicted octanol–water partition coefficient (Wildman–Crippen LogP) is 2.90. The SMILES string of the molecule is CN(C)CCN(C)C(=O)c1ccc(COc2cnc(N3CCN(C(=O)O)C(C(C)(C)C)C3)nc2)cc1. The molecule has 3 rings (SSSR count). The van der Waals surface area contributed by atoms with Gasteiger partial charge in [-0.3, -0.25) is 4.79 Å². The summed E-state index contributed by atoms with van der Waals surface area (Å²) in [5.74, 6) is 1.09. The van der Waals surface area contributed by atoms with Crippen LogP contribution in [-0.2, 0) is 6.61 Å². The van der Waals surface area contributed by atoms with Crippen LogP contribution in [-0.4, -0.2) is 102 Å². The Hall–Kier alpha value is -3.40. The number of benzene rings is 1. The van der Waals surface area contributed by atoms with Crippen molar-refractivity contribution in [3.05, 3.63) is 47.8 Å². The molecule has 1 unspecified atom stereocenters. The highest BCUT2D eigenvalue weighted by Crippen LogP contribution is 2.29. The summed E-state index contributed by atoms with van der Waals surface area (Å²) in [5.41, 5.74) is 1.37. The summed E-state index contributed by atoms with van der Waals surface area (Å²) in [6.07, 6.45) is 2.37. The molecule has 36 heavy (non-hydrogen) atoms. The molecule has 1 aromatic heterocycles. The largest absolute Gasteiger partial charge is 0.486 e. The number of anilines is 1. The minimum absolute atomic E-state index is 0.00815. The Morgan fingerprint density at radius 2 is 1.69 bits per heavy atom. The molecule has 0 spiro atoms. The molecule has 1 N–H and O–H groups in total. The van der Waals surface area contributed by atoms with Crippen LogP contribution in [0, 0.1) is 5.41 Å². The molecule has 2 amide bonds. The monoisotopic (exact) mass is 498 g/mol. The van der Waals surface area contributed by atoms with E-state index < -0.39 is 6.09 Å². The van der Waals surface area contributed by atoms with Gasteiger partial charge < -0.3 is 29.4 Å². The van der Waals surface area contributed by atoms with E-state index in [4.69, 9.17) is 4.74 Å². The van der Waals surface area contributed by atoms with E-state index in [0.29, 0.717) is 50.0 Å². The van der Waals surface area contributed by atoms with Crippen LogP contribution in [0.15, 0.2) is 36.7 Å². The van der Waals surface area contributed by atoms with Gasteiger partial charge in [-0.2, -0.15) is 0 Å². The van der Waals surface area contributed by atoms with E-state index >= 15 is 0 Å². The molecule has 0 saturated carbocycles. The van der Waals surface area contributed by atoms with Crippen molar-refractivity contribution in [3.63, 3.8) is 0 Å². The molecule has 2 aromatic rings. The second kappa shape index (κ2) is 11.6. The van der Waals surface area contributed by atoms with Crippen LogP contribution >= 0.6 is 0 Å². The van der Waals surface area contributed by atoms with Crippen LogP contribution in [0.3, 0.4) is 0 Å². The second-order valence-corrected chi connectivity index (χ2v) is 10.5. The first-order valence-corrected chi connectivity index (χ1v) is 12.1. The van der Waals surface area contributed by atoms with E-state index in [-0.39, 0.29) is 17.4 Å². The number of aromatic nitrogens is 2. The standard InChI is InChI=1S/C26H38N6O4/c1-26(2,3)22-17-31(13-14-32(22)25(34)35)24-27-15-21(16-28-24)36-18-19-7-9-20(10-8-19)23(33)30(6)12-11-29(4)5/h7-10,15-16,22H,11-14,17-18H2,1-6H3,(H,34,35). The average Bonchev–Trinajstić information content (AvgIpc) is 2.85. The number of hydrogen-bond acceptors (Lipinski definition) is 7. The molecule has 1 saturated heterocycles. The van der Waals surface area contributed by atoms with Crippen molar-refractivity contribution in [1.82, 2.24) is 24.7 Å². The minimum atomic E-state index is -0.895. The number of amides is 2. The lowest BCUT2D eigenvalue weighted by molar-refractivity contribution is 0.0744. The predicted molar refractivity (Wildman–Crippen MR) is 139 cm³/mol. The lowest BCUT2D eigenvalue weighted by Gasteiger charge is -2.45. The molecular formula is C26H38N6O4. The molecule has 1 fully saturated rings. The Balaban J connectivity index is 1.55. The van der Waals surface area contributed by atoms with Gasteiger partial charge in [-0.25, -0.2) is 14.8 Å². The fraction of sp³-hybridized carbons (Fsp3) is 0.538. The molecule has 2 heterocycles. The Kier molecular flexibility index (Phi) is 8.73. The van der Waals surface area contributed by atoms with Gasteiger partial charge in [-0.1, -0.05) is 32.9 Å². The van der Waals surface area contributed by atoms with E-state index in [2.05, 4.69) is 9.97 Å². The van der Waals surface area contributed by atoms with Crippen molar-refractivity contribution in [2.24, 2.45) is 5.41 Å². The van der Waals surface area contributed by atoms with E-state index in [0.717, 1.165) is 12.1 Å². The van der Waals surface area contributed by atoms with E-state index in [1.807, 2.05) is 76.0 Å². The van der Waals surface area contributed by atoms with E-state index in [9.17, 15) is 14.7 Å². The van der Waals surface area contributed by atoms with Crippen LogP contribution in [0.5, 0.6) is 5.75 Å². The summed E-state index contributed by atoms with van der Waals surface area (Å²) in [6, 6.07) is 7.24. The summed E-state index contributed by atoms with van der Waals surface area (Å²) in [6.45, 7) is 9.41. The normalized spacial score (nSPS) is 16.2. The highest BCUT2D eigenvalue weighted by atomic mass is 16.5. The van der Waals surface area contributed by atoms with E-state index in [1.165, 1.54) is 4.90 Å². The molecule has 1 aliphatic rings. The Morgan fingerprint density at radius 1 is 1.06 bits per heavy atom. The van der Waals surface area contributed by atoms with Crippen molar-refractivity contribution in [3.8, 4) is 5.75 Å². The number of nitrogens with zero attached hydrogens (tertiary/aromatic N) is 6. The number of carboxylic acid groups (broad SMARTS) is 1. The quantitative estimate of drug-likeness (QED) is 0.593. The van der Waals surface area contributed by atoms with Gasteiger partial charge in [0.2, 0.25) is 5.95 Å². The average molecular weight is 499 g/mol. The zero-order valence-electron chi connectivity index (χ0n) is 22.1. The summed E-state index contributed by atoms with van der Waals surface area (Å²) >= 11 is 0. The molecule has 0 radical (unpaired) electrons. The summed E-state index contributed by atoms with van der Waals surface area (Å²) in [5, 5.41) is 9.56. The smallest absolute Gasteiger partial charge is 0.407 e. The number of likely N-dealkylation sites (N-methyl/N-ethyl adjacent to an activating group) is 2. The zero-order chi connectivity index (χ0) is 26.5. The third-order valence-electron chi connectivity index (χ3n) is 6.36. The summed E-state index contributed by atoms with van der Waals surface area (Å²) in [7, 11) is 5.77. The van der Waals surface area contributed by atoms with Gasteiger partial charge in [0, 0.05) is 45.3 Å². The van der Waals surface area contributed by atoms with Gasteiger partial charge in [0.05, 0.1) is 18.4 Å². The Labute approximate surface area is 213 Å². The van der Waals surface area contributed by atoms with Gasteiger partial charge in [-0.05, 0) is 37.2 Å². The highest BCUT2D eigenvalue weighted by Gasteiger charge is 2.38. The molecule has 10 nitrogen and oxygen atoms in total. The number of carbonyl (C=O) groups is 2. The summed E-state index contributed by atoms with van der Waals surface area (Å²) in [4.78, 5) is 40.4. The van der Waals surface area contributed by atoms with Gasteiger partial charge in [0.25, 0.3) is 5.91 Å². The zero-order valence-corrected chi connectivity index (χ0v) is 22.1. The number of piperazine rings is 1. The molecule has 0 bridgehead atoms. The topological polar surface area (TPSA) is 102 Å². The lowest BCUT2D eigenvalue weighted by Crippen LogP contribution is -2.59. The fourth-order valence-electron chi connectivity index (χ4n) is 4.06. The van der Waals surface area contributed by atoms with Crippen LogP contribution in [0.2, 0.25) is 0 Å². The van der Waals surface area contributed by atoms with Crippen molar-refractivity contribution >= 4 is 17.9 Å². The van der Waals surface area contributed by atoms with Gasteiger partial charge >= 0.3 is 6.09 Å². The van der Waals surface area contributed by atoms with Crippen molar-refractivity contribution in [2.75, 3.05) is 58.8 Å². The van der Waals surface area contributed by atoms with Crippen molar-refractivity contribution in [2.45, 2.75) is 33.4 Å². The number of rotatable bonds is 8. The first-order valence-electron chi connectivity index (χ1n) is 12.1.